The third-order valence-corrected chi connectivity index (χ3v) is 3.01. The molecule has 0 N–H and O–H groups in total. The van der Waals surface area contributed by atoms with E-state index in [1.54, 1.807) is 7.11 Å². The van der Waals surface area contributed by atoms with Gasteiger partial charge in [0.25, 0.3) is 0 Å². The Bertz CT molecular complexity index is 229. The fourth-order valence-corrected chi connectivity index (χ4v) is 2.03. The van der Waals surface area contributed by atoms with Gasteiger partial charge in [0.05, 0.1) is 13.2 Å². The van der Waals surface area contributed by atoms with Gasteiger partial charge >= 0.3 is 5.97 Å². The second-order valence-electron chi connectivity index (χ2n) is 4.00. The van der Waals surface area contributed by atoms with Crippen LogP contribution < -0.4 is 0 Å². The van der Waals surface area contributed by atoms with Crippen molar-refractivity contribution in [2.75, 3.05) is 14.2 Å². The number of Topliss-reactive ketones (excluding diaryl/α,β-unsaturated/α-hetero) is 1. The van der Waals surface area contributed by atoms with E-state index in [-0.39, 0.29) is 0 Å². The van der Waals surface area contributed by atoms with Crippen LogP contribution in [0, 0.1) is 5.92 Å². The predicted molar refractivity (Wildman–Crippen MR) is 54.4 cm³/mol. The van der Waals surface area contributed by atoms with Gasteiger partial charge < -0.3 is 9.47 Å². The average molecular weight is 214 g/mol. The molecule has 1 saturated carbocycles. The molecule has 0 amide bonds. The molecule has 0 aliphatic heterocycles. The number of ketones is 1. The number of rotatable bonds is 4. The SMILES string of the molecule is COC(=O)C(=O)CC1CCC(OC)CC1. The summed E-state index contributed by atoms with van der Waals surface area (Å²) in [5.74, 6) is -0.801. The lowest BCUT2D eigenvalue weighted by atomic mass is 9.84. The van der Waals surface area contributed by atoms with E-state index >= 15 is 0 Å². The Balaban J connectivity index is 2.29. The fourth-order valence-electron chi connectivity index (χ4n) is 2.03. The molecule has 4 nitrogen and oxygen atoms in total. The van der Waals surface area contributed by atoms with Gasteiger partial charge in [0.1, 0.15) is 0 Å². The molecule has 15 heavy (non-hydrogen) atoms. The number of hydrogen-bond donors (Lipinski definition) is 0. The van der Waals surface area contributed by atoms with Crippen molar-refractivity contribution in [3.8, 4) is 0 Å². The Morgan fingerprint density at radius 3 is 2.20 bits per heavy atom. The summed E-state index contributed by atoms with van der Waals surface area (Å²) in [4.78, 5) is 22.2. The maximum atomic E-state index is 11.3. The van der Waals surface area contributed by atoms with Crippen molar-refractivity contribution in [1.29, 1.82) is 0 Å². The van der Waals surface area contributed by atoms with Crippen LogP contribution in [0.5, 0.6) is 0 Å². The van der Waals surface area contributed by atoms with Crippen molar-refractivity contribution < 1.29 is 19.1 Å². The van der Waals surface area contributed by atoms with Gasteiger partial charge in [-0.1, -0.05) is 0 Å². The van der Waals surface area contributed by atoms with Gasteiger partial charge in [0, 0.05) is 13.5 Å². The molecule has 4 heteroatoms. The summed E-state index contributed by atoms with van der Waals surface area (Å²) in [5.41, 5.74) is 0. The van der Waals surface area contributed by atoms with Crippen LogP contribution in [-0.4, -0.2) is 32.1 Å². The first-order chi connectivity index (χ1) is 7.17. The second-order valence-corrected chi connectivity index (χ2v) is 4.00. The molecule has 1 aliphatic rings. The monoisotopic (exact) mass is 214 g/mol. The molecule has 0 saturated heterocycles. The molecule has 0 atom stereocenters. The maximum Gasteiger partial charge on any atom is 0.374 e. The lowest BCUT2D eigenvalue weighted by Gasteiger charge is -2.26. The molecule has 1 fully saturated rings. The van der Waals surface area contributed by atoms with Crippen molar-refractivity contribution >= 4 is 11.8 Å². The molecule has 0 heterocycles. The normalized spacial score (nSPS) is 26.0. The van der Waals surface area contributed by atoms with E-state index < -0.39 is 11.8 Å². The minimum absolute atomic E-state index is 0.322. The maximum absolute atomic E-state index is 11.3. The molecule has 0 unspecified atom stereocenters. The van der Waals surface area contributed by atoms with Crippen LogP contribution in [0.25, 0.3) is 0 Å². The molecule has 0 spiro atoms. The lowest BCUT2D eigenvalue weighted by molar-refractivity contribution is -0.152. The Kier molecular flexibility index (Phi) is 4.75. The Morgan fingerprint density at radius 1 is 1.13 bits per heavy atom. The van der Waals surface area contributed by atoms with Crippen LogP contribution >= 0.6 is 0 Å². The molecule has 0 aromatic heterocycles. The first-order valence-electron chi connectivity index (χ1n) is 5.31. The van der Waals surface area contributed by atoms with Gasteiger partial charge in [0.15, 0.2) is 0 Å². The summed E-state index contributed by atoms with van der Waals surface area (Å²) in [6, 6.07) is 0. The summed E-state index contributed by atoms with van der Waals surface area (Å²) < 4.78 is 9.62. The first-order valence-corrected chi connectivity index (χ1v) is 5.31. The molecular formula is C11H18O4. The smallest absolute Gasteiger partial charge is 0.374 e. The third kappa shape index (κ3) is 3.63. The van der Waals surface area contributed by atoms with Crippen molar-refractivity contribution in [1.82, 2.24) is 0 Å². The van der Waals surface area contributed by atoms with Crippen LogP contribution in [0.1, 0.15) is 32.1 Å². The summed E-state index contributed by atoms with van der Waals surface area (Å²) in [6.07, 6.45) is 4.53. The summed E-state index contributed by atoms with van der Waals surface area (Å²) in [6.45, 7) is 0. The van der Waals surface area contributed by atoms with Gasteiger partial charge in [-0.05, 0) is 31.6 Å². The molecule has 86 valence electrons. The number of ether oxygens (including phenoxy) is 2. The molecule has 1 aliphatic carbocycles. The number of carbonyl (C=O) groups is 2. The molecular weight excluding hydrogens is 196 g/mol. The highest BCUT2D eigenvalue weighted by molar-refractivity contribution is 6.33. The zero-order valence-corrected chi connectivity index (χ0v) is 9.32. The Labute approximate surface area is 89.9 Å². The second kappa shape index (κ2) is 5.85. The predicted octanol–water partition coefficient (Wildman–Crippen LogP) is 1.32. The quantitative estimate of drug-likeness (QED) is 0.523. The van der Waals surface area contributed by atoms with Crippen LogP contribution in [0.3, 0.4) is 0 Å². The summed E-state index contributed by atoms with van der Waals surface area (Å²) in [7, 11) is 2.95. The molecule has 0 radical (unpaired) electrons. The fraction of sp³-hybridized carbons (Fsp3) is 0.818. The van der Waals surface area contributed by atoms with E-state index in [0.717, 1.165) is 25.7 Å². The number of carbonyl (C=O) groups excluding carboxylic acids is 2. The van der Waals surface area contributed by atoms with E-state index in [2.05, 4.69) is 4.74 Å². The topological polar surface area (TPSA) is 52.6 Å². The van der Waals surface area contributed by atoms with Gasteiger partial charge in [0.2, 0.25) is 5.78 Å². The van der Waals surface area contributed by atoms with E-state index in [9.17, 15) is 9.59 Å². The van der Waals surface area contributed by atoms with Crippen molar-refractivity contribution in [2.24, 2.45) is 5.92 Å². The highest BCUT2D eigenvalue weighted by Gasteiger charge is 2.25. The Morgan fingerprint density at radius 2 is 1.73 bits per heavy atom. The van der Waals surface area contributed by atoms with Gasteiger partial charge in [-0.3, -0.25) is 4.79 Å². The minimum atomic E-state index is -0.719. The van der Waals surface area contributed by atoms with E-state index in [1.165, 1.54) is 7.11 Å². The zero-order chi connectivity index (χ0) is 11.3. The van der Waals surface area contributed by atoms with Crippen LogP contribution in [-0.2, 0) is 19.1 Å². The minimum Gasteiger partial charge on any atom is -0.463 e. The summed E-state index contributed by atoms with van der Waals surface area (Å²) in [5, 5.41) is 0. The molecule has 0 aromatic rings. The van der Waals surface area contributed by atoms with Gasteiger partial charge in [-0.25, -0.2) is 4.79 Å². The van der Waals surface area contributed by atoms with Crippen LogP contribution in [0.4, 0.5) is 0 Å². The van der Waals surface area contributed by atoms with E-state index in [1.807, 2.05) is 0 Å². The van der Waals surface area contributed by atoms with E-state index in [4.69, 9.17) is 4.74 Å². The summed E-state index contributed by atoms with van der Waals surface area (Å²) >= 11 is 0. The first kappa shape index (κ1) is 12.2. The van der Waals surface area contributed by atoms with E-state index in [0.29, 0.717) is 18.4 Å². The Hall–Kier alpha value is -0.900. The van der Waals surface area contributed by atoms with Gasteiger partial charge in [-0.2, -0.15) is 0 Å². The molecule has 0 aromatic carbocycles. The van der Waals surface area contributed by atoms with Crippen molar-refractivity contribution in [2.45, 2.75) is 38.2 Å². The van der Waals surface area contributed by atoms with Crippen LogP contribution in [0.2, 0.25) is 0 Å². The highest BCUT2D eigenvalue weighted by Crippen LogP contribution is 2.28. The van der Waals surface area contributed by atoms with Crippen molar-refractivity contribution in [3.05, 3.63) is 0 Å². The average Bonchev–Trinajstić information content (AvgIpc) is 2.29. The molecule has 1 rings (SSSR count). The number of methoxy groups -OCH3 is 2. The zero-order valence-electron chi connectivity index (χ0n) is 9.32. The number of hydrogen-bond acceptors (Lipinski definition) is 4. The highest BCUT2D eigenvalue weighted by atomic mass is 16.5. The van der Waals surface area contributed by atoms with Crippen LogP contribution in [0.15, 0.2) is 0 Å². The third-order valence-electron chi connectivity index (χ3n) is 3.01. The largest absolute Gasteiger partial charge is 0.463 e. The lowest BCUT2D eigenvalue weighted by Crippen LogP contribution is -2.25. The molecule has 0 bridgehead atoms. The van der Waals surface area contributed by atoms with Crippen molar-refractivity contribution in [3.63, 3.8) is 0 Å². The number of esters is 1. The van der Waals surface area contributed by atoms with Gasteiger partial charge in [-0.15, -0.1) is 0 Å². The standard InChI is InChI=1S/C11H18O4/c1-14-9-5-3-8(4-6-9)7-10(12)11(13)15-2/h8-9H,3-7H2,1-2H3.